The topological polar surface area (TPSA) is 59.2 Å². The van der Waals surface area contributed by atoms with Gasteiger partial charge in [0.05, 0.1) is 5.92 Å². The molecule has 5 heteroatoms. The van der Waals surface area contributed by atoms with Crippen LogP contribution in [0.3, 0.4) is 0 Å². The van der Waals surface area contributed by atoms with E-state index in [4.69, 9.17) is 4.52 Å². The minimum atomic E-state index is 0.146. The minimum absolute atomic E-state index is 0.146. The van der Waals surface area contributed by atoms with Crippen molar-refractivity contribution >= 4 is 6.29 Å². The molecule has 1 aromatic rings. The number of aldehydes is 1. The van der Waals surface area contributed by atoms with Crippen molar-refractivity contribution < 1.29 is 9.32 Å². The first-order valence-corrected chi connectivity index (χ1v) is 5.23. The second kappa shape index (κ2) is 4.10. The van der Waals surface area contributed by atoms with E-state index in [1.165, 1.54) is 0 Å². The average Bonchev–Trinajstić information content (AvgIpc) is 2.86. The first-order valence-electron chi connectivity index (χ1n) is 5.23. The number of aromatic nitrogens is 2. The quantitative estimate of drug-likeness (QED) is 0.697. The lowest BCUT2D eigenvalue weighted by Crippen LogP contribution is -2.27. The van der Waals surface area contributed by atoms with E-state index in [1.807, 2.05) is 0 Å². The van der Waals surface area contributed by atoms with Crippen molar-refractivity contribution in [2.75, 3.05) is 13.1 Å². The Balaban J connectivity index is 2.04. The van der Waals surface area contributed by atoms with Crippen molar-refractivity contribution in [2.24, 2.45) is 0 Å². The van der Waals surface area contributed by atoms with Gasteiger partial charge in [0.2, 0.25) is 11.7 Å². The molecule has 2 rings (SSSR count). The van der Waals surface area contributed by atoms with Gasteiger partial charge in [-0.25, -0.2) is 0 Å². The molecule has 0 amide bonds. The Bertz CT molecular complexity index is 348. The van der Waals surface area contributed by atoms with Crippen LogP contribution in [0.5, 0.6) is 0 Å². The molecule has 1 aliphatic rings. The highest BCUT2D eigenvalue weighted by Gasteiger charge is 2.29. The number of carbonyl (C=O) groups excluding carboxylic acids is 1. The lowest BCUT2D eigenvalue weighted by atomic mass is 10.1. The number of rotatable bonds is 3. The maximum atomic E-state index is 10.4. The van der Waals surface area contributed by atoms with Crippen molar-refractivity contribution in [1.82, 2.24) is 15.0 Å². The van der Waals surface area contributed by atoms with E-state index in [0.29, 0.717) is 18.2 Å². The van der Waals surface area contributed by atoms with Gasteiger partial charge in [0, 0.05) is 12.6 Å². The molecule has 0 aliphatic carbocycles. The van der Waals surface area contributed by atoms with Crippen molar-refractivity contribution in [2.45, 2.75) is 32.2 Å². The van der Waals surface area contributed by atoms with E-state index >= 15 is 0 Å². The molecule has 0 radical (unpaired) electrons. The Morgan fingerprint density at radius 2 is 2.40 bits per heavy atom. The Kier molecular flexibility index (Phi) is 2.81. The average molecular weight is 209 g/mol. The van der Waals surface area contributed by atoms with Crippen LogP contribution in [0.25, 0.3) is 0 Å². The SMILES string of the molecule is CC(C)N1CCC(c2nc(C=O)no2)C1. The van der Waals surface area contributed by atoms with Crippen LogP contribution < -0.4 is 0 Å². The van der Waals surface area contributed by atoms with E-state index < -0.39 is 0 Å². The fraction of sp³-hybridized carbons (Fsp3) is 0.700. The van der Waals surface area contributed by atoms with Crippen LogP contribution in [0, 0.1) is 0 Å². The third-order valence-corrected chi connectivity index (χ3v) is 2.86. The molecule has 1 atom stereocenters. The van der Waals surface area contributed by atoms with Crippen molar-refractivity contribution in [3.8, 4) is 0 Å². The monoisotopic (exact) mass is 209 g/mol. The van der Waals surface area contributed by atoms with Crippen LogP contribution in [0.1, 0.15) is 42.7 Å². The smallest absolute Gasteiger partial charge is 0.235 e. The summed E-state index contributed by atoms with van der Waals surface area (Å²) in [5.74, 6) is 1.03. The number of hydrogen-bond acceptors (Lipinski definition) is 5. The second-order valence-corrected chi connectivity index (χ2v) is 4.18. The van der Waals surface area contributed by atoms with E-state index in [9.17, 15) is 4.79 Å². The lowest BCUT2D eigenvalue weighted by Gasteiger charge is -2.19. The van der Waals surface area contributed by atoms with E-state index in [1.54, 1.807) is 0 Å². The summed E-state index contributed by atoms with van der Waals surface area (Å²) in [6, 6.07) is 0.545. The zero-order valence-electron chi connectivity index (χ0n) is 9.01. The molecule has 2 heterocycles. The van der Waals surface area contributed by atoms with Crippen molar-refractivity contribution in [3.63, 3.8) is 0 Å². The fourth-order valence-corrected chi connectivity index (χ4v) is 1.92. The molecule has 82 valence electrons. The molecule has 1 fully saturated rings. The van der Waals surface area contributed by atoms with Gasteiger partial charge in [0.15, 0.2) is 6.29 Å². The Hall–Kier alpha value is -1.23. The van der Waals surface area contributed by atoms with Crippen molar-refractivity contribution in [1.29, 1.82) is 0 Å². The Morgan fingerprint density at radius 1 is 1.60 bits per heavy atom. The predicted molar refractivity (Wildman–Crippen MR) is 53.8 cm³/mol. The van der Waals surface area contributed by atoms with Gasteiger partial charge in [-0.2, -0.15) is 4.98 Å². The molecule has 15 heavy (non-hydrogen) atoms. The third-order valence-electron chi connectivity index (χ3n) is 2.86. The first-order chi connectivity index (χ1) is 7.20. The van der Waals surface area contributed by atoms with Crippen molar-refractivity contribution in [3.05, 3.63) is 11.7 Å². The zero-order valence-corrected chi connectivity index (χ0v) is 9.01. The van der Waals surface area contributed by atoms with Gasteiger partial charge in [-0.3, -0.25) is 4.79 Å². The van der Waals surface area contributed by atoms with E-state index in [-0.39, 0.29) is 11.7 Å². The fourth-order valence-electron chi connectivity index (χ4n) is 1.92. The highest BCUT2D eigenvalue weighted by atomic mass is 16.5. The molecule has 0 N–H and O–H groups in total. The summed E-state index contributed by atoms with van der Waals surface area (Å²) in [6.07, 6.45) is 1.64. The molecule has 0 aromatic carbocycles. The number of nitrogens with zero attached hydrogens (tertiary/aromatic N) is 3. The summed E-state index contributed by atoms with van der Waals surface area (Å²) in [5.41, 5.74) is 0. The molecule has 1 unspecified atom stereocenters. The Labute approximate surface area is 88.5 Å². The summed E-state index contributed by atoms with van der Waals surface area (Å²) in [7, 11) is 0. The van der Waals surface area contributed by atoms with Gasteiger partial charge in [0.1, 0.15) is 0 Å². The molecule has 1 saturated heterocycles. The summed E-state index contributed by atoms with van der Waals surface area (Å²) in [6.45, 7) is 6.35. The van der Waals surface area contributed by atoms with Crippen LogP contribution in [0.2, 0.25) is 0 Å². The van der Waals surface area contributed by atoms with Crippen LogP contribution in [-0.2, 0) is 0 Å². The third kappa shape index (κ3) is 2.07. The maximum Gasteiger partial charge on any atom is 0.235 e. The molecule has 1 aromatic heterocycles. The van der Waals surface area contributed by atoms with Crippen LogP contribution in [-0.4, -0.2) is 40.5 Å². The van der Waals surface area contributed by atoms with E-state index in [0.717, 1.165) is 19.5 Å². The number of carbonyl (C=O) groups is 1. The number of hydrogen-bond donors (Lipinski definition) is 0. The standard InChI is InChI=1S/C10H15N3O2/c1-7(2)13-4-3-8(5-13)10-11-9(6-14)12-15-10/h6-8H,3-5H2,1-2H3. The summed E-state index contributed by atoms with van der Waals surface area (Å²) in [4.78, 5) is 16.8. The molecule has 0 spiro atoms. The van der Waals surface area contributed by atoms with Crippen LogP contribution in [0.4, 0.5) is 0 Å². The molecular weight excluding hydrogens is 194 g/mol. The van der Waals surface area contributed by atoms with Gasteiger partial charge in [-0.15, -0.1) is 0 Å². The Morgan fingerprint density at radius 3 is 2.93 bits per heavy atom. The van der Waals surface area contributed by atoms with Gasteiger partial charge in [0.25, 0.3) is 0 Å². The van der Waals surface area contributed by atoms with Crippen LogP contribution >= 0.6 is 0 Å². The molecule has 0 bridgehead atoms. The van der Waals surface area contributed by atoms with Gasteiger partial charge in [-0.05, 0) is 26.8 Å². The van der Waals surface area contributed by atoms with Gasteiger partial charge in [-0.1, -0.05) is 5.16 Å². The van der Waals surface area contributed by atoms with Gasteiger partial charge < -0.3 is 9.42 Å². The highest BCUT2D eigenvalue weighted by molar-refractivity contribution is 5.68. The first kappa shape index (κ1) is 10.3. The molecule has 0 saturated carbocycles. The van der Waals surface area contributed by atoms with E-state index in [2.05, 4.69) is 28.9 Å². The molecule has 5 nitrogen and oxygen atoms in total. The lowest BCUT2D eigenvalue weighted by molar-refractivity contribution is 0.111. The normalized spacial score (nSPS) is 22.5. The van der Waals surface area contributed by atoms with Gasteiger partial charge >= 0.3 is 0 Å². The summed E-state index contributed by atoms with van der Waals surface area (Å²) >= 11 is 0. The zero-order chi connectivity index (χ0) is 10.8. The maximum absolute atomic E-state index is 10.4. The largest absolute Gasteiger partial charge is 0.339 e. The minimum Gasteiger partial charge on any atom is -0.339 e. The summed E-state index contributed by atoms with van der Waals surface area (Å²) < 4.78 is 5.05. The number of likely N-dealkylation sites (tertiary alicyclic amines) is 1. The second-order valence-electron chi connectivity index (χ2n) is 4.18. The highest BCUT2D eigenvalue weighted by Crippen LogP contribution is 2.26. The molecule has 1 aliphatic heterocycles. The predicted octanol–water partition coefficient (Wildman–Crippen LogP) is 1.08. The molecular formula is C10H15N3O2. The summed E-state index contributed by atoms with van der Waals surface area (Å²) in [5, 5.41) is 3.58. The van der Waals surface area contributed by atoms with Crippen LogP contribution in [0.15, 0.2) is 4.52 Å².